The number of aliphatic carboxylic acids is 1. The van der Waals surface area contributed by atoms with Crippen LogP contribution in [0.5, 0.6) is 0 Å². The molecule has 0 radical (unpaired) electrons. The quantitative estimate of drug-likeness (QED) is 0.171. The van der Waals surface area contributed by atoms with Crippen molar-refractivity contribution in [3.63, 3.8) is 0 Å². The molecule has 7 nitrogen and oxygen atoms in total. The topological polar surface area (TPSA) is 107 Å². The van der Waals surface area contributed by atoms with E-state index < -0.39 is 31.2 Å². The van der Waals surface area contributed by atoms with Gasteiger partial charge in [-0.2, -0.15) is 0 Å². The van der Waals surface area contributed by atoms with Crippen LogP contribution in [-0.4, -0.2) is 46.9 Å². The number of hydrogen-bond donors (Lipinski definition) is 3. The fraction of sp³-hybridized carbons (Fsp3) is 0.355. The lowest BCUT2D eigenvalue weighted by Crippen LogP contribution is -2.47. The average molecular weight is 551 g/mol. The highest BCUT2D eigenvalue weighted by Gasteiger charge is 2.36. The first-order chi connectivity index (χ1) is 18.6. The van der Waals surface area contributed by atoms with Crippen LogP contribution in [0.25, 0.3) is 11.1 Å². The van der Waals surface area contributed by atoms with Gasteiger partial charge in [0.1, 0.15) is 6.04 Å². The van der Waals surface area contributed by atoms with Gasteiger partial charge in [0.2, 0.25) is 13.3 Å². The highest BCUT2D eigenvalue weighted by molar-refractivity contribution is 7.58. The Morgan fingerprint density at radius 3 is 2.00 bits per heavy atom. The van der Waals surface area contributed by atoms with E-state index in [2.05, 4.69) is 5.32 Å². The number of nitrogens with one attached hydrogen (secondary N) is 1. The fourth-order valence-corrected chi connectivity index (χ4v) is 6.29. The number of carbonyl (C=O) groups excluding carboxylic acids is 1. The van der Waals surface area contributed by atoms with Gasteiger partial charge in [-0.1, -0.05) is 86.6 Å². The van der Waals surface area contributed by atoms with Crippen molar-refractivity contribution in [2.45, 2.75) is 39.7 Å². The summed E-state index contributed by atoms with van der Waals surface area (Å²) >= 11 is 0. The molecule has 39 heavy (non-hydrogen) atoms. The van der Waals surface area contributed by atoms with E-state index in [0.29, 0.717) is 18.7 Å². The maximum Gasteiger partial charge on any atom is 0.326 e. The molecule has 0 spiro atoms. The van der Waals surface area contributed by atoms with Crippen LogP contribution in [0, 0.1) is 11.8 Å². The Morgan fingerprint density at radius 1 is 0.872 bits per heavy atom. The van der Waals surface area contributed by atoms with Gasteiger partial charge in [0, 0.05) is 17.8 Å². The van der Waals surface area contributed by atoms with Crippen molar-refractivity contribution < 1.29 is 24.2 Å². The number of benzene rings is 3. The van der Waals surface area contributed by atoms with Gasteiger partial charge in [0.05, 0.1) is 6.29 Å². The number of amides is 1. The molecular formula is C31H39N2O5P. The smallest absolute Gasteiger partial charge is 0.326 e. The van der Waals surface area contributed by atoms with E-state index >= 15 is 0 Å². The fourth-order valence-electron chi connectivity index (χ4n) is 4.66. The molecule has 3 aromatic rings. The number of carbonyl (C=O) groups is 2. The molecule has 0 aliphatic heterocycles. The van der Waals surface area contributed by atoms with Crippen LogP contribution < -0.4 is 10.2 Å². The molecule has 2 unspecified atom stereocenters. The van der Waals surface area contributed by atoms with Gasteiger partial charge in [0.15, 0.2) is 0 Å². The molecule has 0 saturated carbocycles. The average Bonchev–Trinajstić information content (AvgIpc) is 2.92. The molecule has 1 amide bonds. The second kappa shape index (κ2) is 14.2. The number of anilines is 1. The Hall–Kier alpha value is -3.25. The molecule has 0 aliphatic carbocycles. The summed E-state index contributed by atoms with van der Waals surface area (Å²) in [6, 6.07) is 25.6. The monoisotopic (exact) mass is 550 g/mol. The summed E-state index contributed by atoms with van der Waals surface area (Å²) in [4.78, 5) is 38.0. The van der Waals surface area contributed by atoms with Crippen molar-refractivity contribution in [2.75, 3.05) is 23.9 Å². The normalized spacial score (nSPS) is 14.4. The third kappa shape index (κ3) is 9.17. The van der Waals surface area contributed by atoms with Crippen LogP contribution in [0.2, 0.25) is 0 Å². The second-order valence-corrected chi connectivity index (χ2v) is 12.8. The molecule has 0 fully saturated rings. The molecule has 208 valence electrons. The molecule has 0 aliphatic rings. The number of rotatable bonds is 14. The number of hydrogen-bond acceptors (Lipinski definition) is 4. The zero-order valence-corrected chi connectivity index (χ0v) is 23.8. The molecule has 8 heteroatoms. The number of nitrogens with zero attached hydrogens (tertiary/aromatic N) is 1. The molecule has 3 atom stereocenters. The Labute approximate surface area is 231 Å². The van der Waals surface area contributed by atoms with Crippen LogP contribution in [0.4, 0.5) is 5.69 Å². The largest absolute Gasteiger partial charge is 0.480 e. The molecule has 0 bridgehead atoms. The summed E-state index contributed by atoms with van der Waals surface area (Å²) < 4.78 is 13.2. The van der Waals surface area contributed by atoms with Crippen LogP contribution in [0.1, 0.15) is 32.8 Å². The van der Waals surface area contributed by atoms with E-state index in [1.165, 1.54) is 11.8 Å². The number of carboxylic acid groups (broad SMARTS) is 1. The first kappa shape index (κ1) is 30.3. The molecule has 0 heterocycles. The minimum Gasteiger partial charge on any atom is -0.480 e. The van der Waals surface area contributed by atoms with Gasteiger partial charge >= 0.3 is 5.97 Å². The van der Waals surface area contributed by atoms with E-state index in [4.69, 9.17) is 0 Å². The summed E-state index contributed by atoms with van der Waals surface area (Å²) in [5.41, 5.74) is 3.51. The van der Waals surface area contributed by atoms with Crippen LogP contribution in [0.3, 0.4) is 0 Å². The summed E-state index contributed by atoms with van der Waals surface area (Å²) in [5.74, 6) is -2.32. The second-order valence-electron chi connectivity index (χ2n) is 10.4. The molecule has 3 rings (SSSR count). The summed E-state index contributed by atoms with van der Waals surface area (Å²) in [5, 5.41) is 12.9. The summed E-state index contributed by atoms with van der Waals surface area (Å²) in [6.07, 6.45) is 0.770. The maximum absolute atomic E-state index is 13.9. The van der Waals surface area contributed by atoms with Crippen molar-refractivity contribution in [3.05, 3.63) is 90.5 Å². The van der Waals surface area contributed by atoms with Crippen molar-refractivity contribution in [1.29, 1.82) is 0 Å². The van der Waals surface area contributed by atoms with Crippen molar-refractivity contribution in [2.24, 2.45) is 11.8 Å². The van der Waals surface area contributed by atoms with Gasteiger partial charge in [-0.25, -0.2) is 4.79 Å². The third-order valence-corrected chi connectivity index (χ3v) is 8.37. The van der Waals surface area contributed by atoms with Gasteiger partial charge < -0.3 is 15.3 Å². The molecular weight excluding hydrogens is 511 g/mol. The first-order valence-electron chi connectivity index (χ1n) is 13.3. The van der Waals surface area contributed by atoms with Crippen LogP contribution >= 0.6 is 7.37 Å². The van der Waals surface area contributed by atoms with E-state index in [0.717, 1.165) is 23.1 Å². The Morgan fingerprint density at radius 2 is 1.44 bits per heavy atom. The van der Waals surface area contributed by atoms with Crippen molar-refractivity contribution in [1.82, 2.24) is 5.32 Å². The lowest BCUT2D eigenvalue weighted by Gasteiger charge is -2.32. The molecule has 3 N–H and O–H groups in total. The standard InChI is InChI=1S/C31H39N2O5P/c1-23(2)20-28(21-39(37,38)22-32-19-18-25-10-6-4-7-11-25)30(34)33(24(3)31(35)36)29-16-14-27(15-17-29)26-12-8-5-9-13-26/h4-17,23-24,28,32H,18-22H2,1-3H3,(H,35,36)(H,37,38)/t24-,28?/m0/s1. The SMILES string of the molecule is CC(C)CC(CP(=O)(O)CNCCc1ccccc1)C(=O)N(c1ccc(-c2ccccc2)cc1)[C@@H](C)C(=O)O. The highest BCUT2D eigenvalue weighted by atomic mass is 31.2. The van der Waals surface area contributed by atoms with Gasteiger partial charge in [-0.15, -0.1) is 0 Å². The minimum atomic E-state index is -3.72. The predicted octanol–water partition coefficient (Wildman–Crippen LogP) is 5.88. The van der Waals surface area contributed by atoms with E-state index in [1.54, 1.807) is 12.1 Å². The Balaban J connectivity index is 1.77. The van der Waals surface area contributed by atoms with Crippen LogP contribution in [0.15, 0.2) is 84.9 Å². The lowest BCUT2D eigenvalue weighted by atomic mass is 9.96. The van der Waals surface area contributed by atoms with Crippen molar-refractivity contribution in [3.8, 4) is 11.1 Å². The minimum absolute atomic E-state index is 0.0763. The van der Waals surface area contributed by atoms with E-state index in [1.807, 2.05) is 86.6 Å². The predicted molar refractivity (Wildman–Crippen MR) is 157 cm³/mol. The highest BCUT2D eigenvalue weighted by Crippen LogP contribution is 2.43. The first-order valence-corrected chi connectivity index (χ1v) is 15.4. The van der Waals surface area contributed by atoms with E-state index in [9.17, 15) is 24.2 Å². The molecule has 0 aromatic heterocycles. The zero-order valence-electron chi connectivity index (χ0n) is 22.9. The summed E-state index contributed by atoms with van der Waals surface area (Å²) in [6.45, 7) is 5.88. The Bertz CT molecular complexity index is 1250. The van der Waals surface area contributed by atoms with Gasteiger partial charge in [-0.05, 0) is 61.1 Å². The Kier molecular flexibility index (Phi) is 11.0. The summed E-state index contributed by atoms with van der Waals surface area (Å²) in [7, 11) is -3.72. The molecule has 3 aromatic carbocycles. The van der Waals surface area contributed by atoms with E-state index in [-0.39, 0.29) is 18.4 Å². The zero-order chi connectivity index (χ0) is 28.4. The van der Waals surface area contributed by atoms with Crippen LogP contribution in [-0.2, 0) is 20.6 Å². The lowest BCUT2D eigenvalue weighted by molar-refractivity contribution is -0.140. The van der Waals surface area contributed by atoms with Gasteiger partial charge in [-0.3, -0.25) is 14.3 Å². The van der Waals surface area contributed by atoms with Crippen molar-refractivity contribution >= 4 is 24.9 Å². The van der Waals surface area contributed by atoms with Gasteiger partial charge in [0.25, 0.3) is 0 Å². The third-order valence-electron chi connectivity index (χ3n) is 6.64. The molecule has 0 saturated heterocycles. The number of carboxylic acids is 1. The maximum atomic E-state index is 13.9.